The summed E-state index contributed by atoms with van der Waals surface area (Å²) in [6, 6.07) is 20.6. The summed E-state index contributed by atoms with van der Waals surface area (Å²) in [6.45, 7) is 0. The van der Waals surface area contributed by atoms with Gasteiger partial charge in [-0.15, -0.1) is 32.8 Å². The minimum atomic E-state index is -0.729. The molecule has 0 heterocycles. The lowest BCUT2D eigenvalue weighted by Crippen LogP contribution is -2.22. The van der Waals surface area contributed by atoms with Crippen LogP contribution < -0.4 is 0 Å². The van der Waals surface area contributed by atoms with E-state index in [1.54, 1.807) is 23.5 Å². The summed E-state index contributed by atoms with van der Waals surface area (Å²) < 4.78 is -0.169. The van der Waals surface area contributed by atoms with E-state index in [2.05, 4.69) is 33.5 Å². The fourth-order valence-electron chi connectivity index (χ4n) is 2.43. The Labute approximate surface area is 155 Å². The van der Waals surface area contributed by atoms with E-state index in [4.69, 9.17) is 0 Å². The molecule has 0 fully saturated rings. The first kappa shape index (κ1) is 19.4. The molecule has 0 bridgehead atoms. The summed E-state index contributed by atoms with van der Waals surface area (Å²) in [5.74, 6) is -0.729. The first-order valence-electron chi connectivity index (χ1n) is 8.03. The number of benzene rings is 2. The van der Waals surface area contributed by atoms with Crippen LogP contribution in [0, 0.1) is 0 Å². The van der Waals surface area contributed by atoms with Crippen molar-refractivity contribution in [3.63, 3.8) is 0 Å². The molecular weight excluding hydrogens is 355 g/mol. The molecule has 0 aliphatic rings. The Bertz CT molecular complexity index is 578. The van der Waals surface area contributed by atoms with Gasteiger partial charge in [-0.1, -0.05) is 36.4 Å². The molecule has 0 aliphatic heterocycles. The van der Waals surface area contributed by atoms with Crippen molar-refractivity contribution in [3.8, 4) is 0 Å². The van der Waals surface area contributed by atoms with E-state index in [9.17, 15) is 9.90 Å². The Balaban J connectivity index is 2.27. The van der Waals surface area contributed by atoms with Crippen LogP contribution in [0.4, 0.5) is 0 Å². The van der Waals surface area contributed by atoms with Crippen LogP contribution in [0.3, 0.4) is 0 Å². The first-order valence-corrected chi connectivity index (χ1v) is 10.5. The first-order chi connectivity index (χ1) is 11.6. The average molecular weight is 378 g/mol. The summed E-state index contributed by atoms with van der Waals surface area (Å²) in [4.78, 5) is 13.6. The van der Waals surface area contributed by atoms with Crippen LogP contribution >= 0.6 is 32.8 Å². The molecule has 0 saturated heterocycles. The van der Waals surface area contributed by atoms with Crippen LogP contribution in [-0.2, 0) is 4.79 Å². The van der Waals surface area contributed by atoms with Crippen molar-refractivity contribution in [3.05, 3.63) is 60.7 Å². The highest BCUT2D eigenvalue weighted by atomic mass is 32.2. The van der Waals surface area contributed by atoms with E-state index in [-0.39, 0.29) is 10.5 Å². The largest absolute Gasteiger partial charge is 0.481 e. The number of aliphatic carboxylic acids is 1. The van der Waals surface area contributed by atoms with Gasteiger partial charge in [-0.3, -0.25) is 4.79 Å². The SMILES string of the molecule is O=C(O)CCC(CCCP)(Sc1ccccc1)Sc1ccccc1. The topological polar surface area (TPSA) is 37.3 Å². The molecule has 5 heteroatoms. The quantitative estimate of drug-likeness (QED) is 0.323. The molecule has 2 aromatic carbocycles. The molecule has 24 heavy (non-hydrogen) atoms. The minimum absolute atomic E-state index is 0.169. The Morgan fingerprint density at radius 2 is 1.42 bits per heavy atom. The molecule has 128 valence electrons. The molecule has 2 aromatic rings. The van der Waals surface area contributed by atoms with E-state index in [0.717, 1.165) is 19.0 Å². The van der Waals surface area contributed by atoms with Crippen molar-refractivity contribution in [2.24, 2.45) is 0 Å². The van der Waals surface area contributed by atoms with Gasteiger partial charge in [-0.05, 0) is 49.7 Å². The van der Waals surface area contributed by atoms with Gasteiger partial charge in [0.15, 0.2) is 0 Å². The normalized spacial score (nSPS) is 11.4. The molecule has 2 nitrogen and oxygen atoms in total. The number of thioether (sulfide) groups is 2. The Morgan fingerprint density at radius 1 is 0.917 bits per heavy atom. The van der Waals surface area contributed by atoms with Gasteiger partial charge in [0.05, 0.1) is 4.08 Å². The predicted octanol–water partition coefficient (Wildman–Crippen LogP) is 5.79. The van der Waals surface area contributed by atoms with Crippen molar-refractivity contribution in [1.82, 2.24) is 0 Å². The van der Waals surface area contributed by atoms with Gasteiger partial charge in [0.1, 0.15) is 0 Å². The number of carbonyl (C=O) groups is 1. The van der Waals surface area contributed by atoms with Gasteiger partial charge in [0.2, 0.25) is 0 Å². The zero-order valence-electron chi connectivity index (χ0n) is 13.6. The average Bonchev–Trinajstić information content (AvgIpc) is 2.60. The van der Waals surface area contributed by atoms with Crippen LogP contribution in [-0.4, -0.2) is 21.3 Å². The van der Waals surface area contributed by atoms with Crippen molar-refractivity contribution in [1.29, 1.82) is 0 Å². The zero-order valence-corrected chi connectivity index (χ0v) is 16.3. The lowest BCUT2D eigenvalue weighted by molar-refractivity contribution is -0.137. The summed E-state index contributed by atoms with van der Waals surface area (Å²) in [6.07, 6.45) is 3.90. The second-order valence-corrected chi connectivity index (χ2v) is 9.28. The molecular formula is C19H23O2PS2. The molecule has 0 saturated carbocycles. The van der Waals surface area contributed by atoms with E-state index < -0.39 is 5.97 Å². The lowest BCUT2D eigenvalue weighted by Gasteiger charge is -2.32. The molecule has 1 N–H and O–H groups in total. The Morgan fingerprint density at radius 3 is 1.83 bits per heavy atom. The Hall–Kier alpha value is -0.960. The molecule has 0 aromatic heterocycles. The van der Waals surface area contributed by atoms with Crippen LogP contribution in [0.15, 0.2) is 70.5 Å². The van der Waals surface area contributed by atoms with Crippen molar-refractivity contribution >= 4 is 38.7 Å². The summed E-state index contributed by atoms with van der Waals surface area (Å²) in [5.41, 5.74) is 0. The van der Waals surface area contributed by atoms with Gasteiger partial charge in [-0.2, -0.15) is 0 Å². The minimum Gasteiger partial charge on any atom is -0.481 e. The van der Waals surface area contributed by atoms with Crippen LogP contribution in [0.1, 0.15) is 25.7 Å². The third-order valence-corrected chi connectivity index (χ3v) is 7.06. The second-order valence-electron chi connectivity index (χ2n) is 5.53. The molecule has 0 radical (unpaired) electrons. The third kappa shape index (κ3) is 6.51. The number of hydrogen-bond donors (Lipinski definition) is 1. The van der Waals surface area contributed by atoms with Crippen molar-refractivity contribution in [2.45, 2.75) is 39.6 Å². The fraction of sp³-hybridized carbons (Fsp3) is 0.316. The third-order valence-electron chi connectivity index (χ3n) is 3.58. The summed E-state index contributed by atoms with van der Waals surface area (Å²) in [7, 11) is 2.78. The van der Waals surface area contributed by atoms with Gasteiger partial charge in [-0.25, -0.2) is 0 Å². The van der Waals surface area contributed by atoms with Crippen LogP contribution in [0.25, 0.3) is 0 Å². The second kappa shape index (κ2) is 10.1. The van der Waals surface area contributed by atoms with Crippen LogP contribution in [0.5, 0.6) is 0 Å². The summed E-state index contributed by atoms with van der Waals surface area (Å²) in [5, 5.41) is 9.21. The number of hydrogen-bond acceptors (Lipinski definition) is 3. The highest BCUT2D eigenvalue weighted by molar-refractivity contribution is 8.18. The fourth-order valence-corrected chi connectivity index (χ4v) is 5.72. The molecule has 0 spiro atoms. The Kier molecular flexibility index (Phi) is 8.17. The summed E-state index contributed by atoms with van der Waals surface area (Å²) >= 11 is 3.61. The van der Waals surface area contributed by atoms with Gasteiger partial charge in [0, 0.05) is 16.2 Å². The van der Waals surface area contributed by atoms with E-state index in [1.807, 2.05) is 36.4 Å². The molecule has 1 atom stereocenters. The molecule has 1 unspecified atom stereocenters. The molecule has 2 rings (SSSR count). The maximum Gasteiger partial charge on any atom is 0.303 e. The zero-order chi connectivity index (χ0) is 17.3. The molecule has 0 aliphatic carbocycles. The van der Waals surface area contributed by atoms with Gasteiger partial charge in [0.25, 0.3) is 0 Å². The maximum absolute atomic E-state index is 11.2. The smallest absolute Gasteiger partial charge is 0.303 e. The van der Waals surface area contributed by atoms with Gasteiger partial charge >= 0.3 is 5.97 Å². The molecule has 0 amide bonds. The maximum atomic E-state index is 11.2. The number of rotatable bonds is 10. The van der Waals surface area contributed by atoms with Crippen LogP contribution in [0.2, 0.25) is 0 Å². The van der Waals surface area contributed by atoms with E-state index in [1.165, 1.54) is 9.79 Å². The predicted molar refractivity (Wildman–Crippen MR) is 108 cm³/mol. The number of carboxylic acid groups (broad SMARTS) is 1. The van der Waals surface area contributed by atoms with Crippen molar-refractivity contribution < 1.29 is 9.90 Å². The van der Waals surface area contributed by atoms with E-state index in [0.29, 0.717) is 6.42 Å². The number of carboxylic acids is 1. The van der Waals surface area contributed by atoms with Crippen molar-refractivity contribution in [2.75, 3.05) is 6.16 Å². The van der Waals surface area contributed by atoms with E-state index >= 15 is 0 Å². The van der Waals surface area contributed by atoms with Gasteiger partial charge < -0.3 is 5.11 Å². The lowest BCUT2D eigenvalue weighted by atomic mass is 10.1. The highest BCUT2D eigenvalue weighted by Gasteiger charge is 2.33. The highest BCUT2D eigenvalue weighted by Crippen LogP contribution is 2.51. The standard InChI is InChI=1S/C19H23O2PS2/c20-18(21)12-14-19(13-7-15-22,23-16-8-3-1-4-9-16)24-17-10-5-2-6-11-17/h1-6,8-11H,7,12-15,22H2,(H,20,21). The monoisotopic (exact) mass is 378 g/mol.